The summed E-state index contributed by atoms with van der Waals surface area (Å²) in [6, 6.07) is 8.57. The summed E-state index contributed by atoms with van der Waals surface area (Å²) in [7, 11) is 0. The molecule has 1 aromatic carbocycles. The number of hydrogen-bond donors (Lipinski definition) is 2. The SMILES string of the molecule is Cc1ccc(Cc2c(C)nc3nc(SCC(=O)NCCN4CCCNCC4)nn3c2C)cc1. The summed E-state index contributed by atoms with van der Waals surface area (Å²) in [5, 5.41) is 11.6. The second kappa shape index (κ2) is 11.1. The van der Waals surface area contributed by atoms with Crippen molar-refractivity contribution >= 4 is 23.4 Å². The van der Waals surface area contributed by atoms with E-state index in [-0.39, 0.29) is 5.91 Å². The summed E-state index contributed by atoms with van der Waals surface area (Å²) < 4.78 is 1.80. The van der Waals surface area contributed by atoms with E-state index in [2.05, 4.69) is 68.7 Å². The number of nitrogens with one attached hydrogen (secondary N) is 2. The lowest BCUT2D eigenvalue weighted by atomic mass is 10.0. The van der Waals surface area contributed by atoms with Crippen LogP contribution in [0.3, 0.4) is 0 Å². The number of rotatable bonds is 8. The normalized spacial score (nSPS) is 15.0. The Morgan fingerprint density at radius 3 is 2.76 bits per heavy atom. The first-order valence-corrected chi connectivity index (χ1v) is 12.6. The van der Waals surface area contributed by atoms with Gasteiger partial charge in [0.05, 0.1) is 5.75 Å². The summed E-state index contributed by atoms with van der Waals surface area (Å²) in [5.74, 6) is 0.884. The van der Waals surface area contributed by atoms with Crippen LogP contribution in [-0.4, -0.2) is 75.4 Å². The molecule has 0 bridgehead atoms. The van der Waals surface area contributed by atoms with Crippen molar-refractivity contribution in [1.82, 2.24) is 35.1 Å². The Morgan fingerprint density at radius 2 is 1.94 bits per heavy atom. The Hall–Kier alpha value is -2.49. The van der Waals surface area contributed by atoms with Gasteiger partial charge in [0, 0.05) is 44.0 Å². The Labute approximate surface area is 199 Å². The summed E-state index contributed by atoms with van der Waals surface area (Å²) in [5.41, 5.74) is 5.66. The van der Waals surface area contributed by atoms with E-state index in [1.54, 1.807) is 4.52 Å². The van der Waals surface area contributed by atoms with Gasteiger partial charge in [-0.25, -0.2) is 9.50 Å². The van der Waals surface area contributed by atoms with E-state index in [1.165, 1.54) is 22.9 Å². The van der Waals surface area contributed by atoms with Gasteiger partial charge < -0.3 is 15.5 Å². The van der Waals surface area contributed by atoms with Crippen LogP contribution in [0.25, 0.3) is 5.78 Å². The van der Waals surface area contributed by atoms with Crippen molar-refractivity contribution in [3.05, 3.63) is 52.3 Å². The number of benzene rings is 1. The molecule has 3 heterocycles. The number of thioether (sulfide) groups is 1. The number of amides is 1. The topological polar surface area (TPSA) is 87.5 Å². The maximum Gasteiger partial charge on any atom is 0.253 e. The minimum absolute atomic E-state index is 0.00715. The van der Waals surface area contributed by atoms with Crippen LogP contribution >= 0.6 is 11.8 Å². The number of nitrogens with zero attached hydrogens (tertiary/aromatic N) is 5. The first kappa shape index (κ1) is 23.7. The van der Waals surface area contributed by atoms with E-state index >= 15 is 0 Å². The molecule has 0 atom stereocenters. The van der Waals surface area contributed by atoms with Crippen molar-refractivity contribution in [2.24, 2.45) is 0 Å². The third-order valence-corrected chi connectivity index (χ3v) is 6.88. The molecule has 2 N–H and O–H groups in total. The van der Waals surface area contributed by atoms with Gasteiger partial charge in [-0.3, -0.25) is 4.79 Å². The lowest BCUT2D eigenvalue weighted by Gasteiger charge is -2.19. The molecule has 176 valence electrons. The first-order chi connectivity index (χ1) is 16.0. The van der Waals surface area contributed by atoms with E-state index in [4.69, 9.17) is 0 Å². The third-order valence-electron chi connectivity index (χ3n) is 6.05. The number of fused-ring (bicyclic) bond motifs is 1. The van der Waals surface area contributed by atoms with Crippen molar-refractivity contribution < 1.29 is 4.79 Å². The van der Waals surface area contributed by atoms with Crippen molar-refractivity contribution in [3.63, 3.8) is 0 Å². The molecular weight excluding hydrogens is 434 g/mol. The highest BCUT2D eigenvalue weighted by Crippen LogP contribution is 2.20. The summed E-state index contributed by atoms with van der Waals surface area (Å²) >= 11 is 1.35. The van der Waals surface area contributed by atoms with Crippen LogP contribution in [0.2, 0.25) is 0 Å². The molecule has 1 aliphatic heterocycles. The maximum absolute atomic E-state index is 12.3. The fraction of sp³-hybridized carbons (Fsp3) is 0.500. The molecule has 9 heteroatoms. The van der Waals surface area contributed by atoms with Crippen LogP contribution in [0, 0.1) is 20.8 Å². The fourth-order valence-electron chi connectivity index (χ4n) is 4.08. The van der Waals surface area contributed by atoms with Crippen LogP contribution in [0.5, 0.6) is 0 Å². The number of hydrogen-bond acceptors (Lipinski definition) is 7. The standard InChI is InChI=1S/C24H33N7OS/c1-17-5-7-20(8-6-17)15-21-18(2)27-23-28-24(29-31(23)19(21)3)33-16-22(32)26-11-14-30-12-4-9-25-10-13-30/h5-8,25H,4,9-16H2,1-3H3,(H,26,32). The second-order valence-electron chi connectivity index (χ2n) is 8.61. The zero-order valence-electron chi connectivity index (χ0n) is 19.7. The van der Waals surface area contributed by atoms with Crippen LogP contribution in [0.1, 0.15) is 34.5 Å². The minimum atomic E-state index is 0.00715. The van der Waals surface area contributed by atoms with Crippen molar-refractivity contribution in [2.75, 3.05) is 45.0 Å². The summed E-state index contributed by atoms with van der Waals surface area (Å²) in [6.07, 6.45) is 1.96. The van der Waals surface area contributed by atoms with Gasteiger partial charge in [-0.15, -0.1) is 5.10 Å². The molecule has 3 aromatic rings. The summed E-state index contributed by atoms with van der Waals surface area (Å²) in [4.78, 5) is 23.9. The van der Waals surface area contributed by atoms with Gasteiger partial charge in [0.2, 0.25) is 11.1 Å². The fourth-order valence-corrected chi connectivity index (χ4v) is 4.72. The summed E-state index contributed by atoms with van der Waals surface area (Å²) in [6.45, 7) is 11.9. The van der Waals surface area contributed by atoms with Crippen molar-refractivity contribution in [1.29, 1.82) is 0 Å². The van der Waals surface area contributed by atoms with Crippen LogP contribution < -0.4 is 10.6 Å². The minimum Gasteiger partial charge on any atom is -0.354 e. The highest BCUT2D eigenvalue weighted by molar-refractivity contribution is 7.99. The molecule has 0 radical (unpaired) electrons. The zero-order valence-corrected chi connectivity index (χ0v) is 20.5. The van der Waals surface area contributed by atoms with Crippen LogP contribution in [0.4, 0.5) is 0 Å². The number of aromatic nitrogens is 4. The number of carbonyl (C=O) groups excluding carboxylic acids is 1. The van der Waals surface area contributed by atoms with E-state index in [0.29, 0.717) is 23.2 Å². The molecule has 33 heavy (non-hydrogen) atoms. The van der Waals surface area contributed by atoms with E-state index < -0.39 is 0 Å². The van der Waals surface area contributed by atoms with Gasteiger partial charge in [0.1, 0.15) is 0 Å². The molecule has 1 aliphatic rings. The Balaban J connectivity index is 1.34. The molecule has 0 aliphatic carbocycles. The third kappa shape index (κ3) is 6.31. The monoisotopic (exact) mass is 467 g/mol. The molecule has 1 saturated heterocycles. The zero-order chi connectivity index (χ0) is 23.2. The Kier molecular flexibility index (Phi) is 7.95. The predicted molar refractivity (Wildman–Crippen MR) is 132 cm³/mol. The molecule has 0 unspecified atom stereocenters. The highest BCUT2D eigenvalue weighted by Gasteiger charge is 2.15. The highest BCUT2D eigenvalue weighted by atomic mass is 32.2. The quantitative estimate of drug-likeness (QED) is 0.491. The molecule has 2 aromatic heterocycles. The molecule has 0 saturated carbocycles. The van der Waals surface area contributed by atoms with Crippen molar-refractivity contribution in [3.8, 4) is 0 Å². The average Bonchev–Trinajstić information content (AvgIpc) is 3.02. The van der Waals surface area contributed by atoms with Crippen molar-refractivity contribution in [2.45, 2.75) is 38.8 Å². The van der Waals surface area contributed by atoms with Gasteiger partial charge >= 0.3 is 0 Å². The van der Waals surface area contributed by atoms with Gasteiger partial charge in [0.25, 0.3) is 5.78 Å². The lowest BCUT2D eigenvalue weighted by Crippen LogP contribution is -2.37. The number of carbonyl (C=O) groups is 1. The average molecular weight is 468 g/mol. The molecule has 1 amide bonds. The first-order valence-electron chi connectivity index (χ1n) is 11.6. The molecular formula is C24H33N7OS. The van der Waals surface area contributed by atoms with E-state index in [1.807, 2.05) is 6.92 Å². The Bertz CT molecular complexity index is 1090. The van der Waals surface area contributed by atoms with Gasteiger partial charge in [-0.2, -0.15) is 4.98 Å². The Morgan fingerprint density at radius 1 is 1.12 bits per heavy atom. The van der Waals surface area contributed by atoms with Gasteiger partial charge in [0.15, 0.2) is 0 Å². The van der Waals surface area contributed by atoms with E-state index in [0.717, 1.165) is 62.5 Å². The number of aryl methyl sites for hydroxylation is 3. The molecule has 8 nitrogen and oxygen atoms in total. The molecule has 4 rings (SSSR count). The molecule has 0 spiro atoms. The maximum atomic E-state index is 12.3. The lowest BCUT2D eigenvalue weighted by molar-refractivity contribution is -0.118. The van der Waals surface area contributed by atoms with Gasteiger partial charge in [-0.05, 0) is 51.4 Å². The van der Waals surface area contributed by atoms with E-state index in [9.17, 15) is 4.79 Å². The van der Waals surface area contributed by atoms with Crippen LogP contribution in [-0.2, 0) is 11.2 Å². The molecule has 1 fully saturated rings. The van der Waals surface area contributed by atoms with Gasteiger partial charge in [-0.1, -0.05) is 41.6 Å². The predicted octanol–water partition coefficient (Wildman–Crippen LogP) is 2.14. The largest absolute Gasteiger partial charge is 0.354 e. The smallest absolute Gasteiger partial charge is 0.253 e. The van der Waals surface area contributed by atoms with Crippen LogP contribution in [0.15, 0.2) is 29.4 Å². The second-order valence-corrected chi connectivity index (χ2v) is 9.56.